The lowest BCUT2D eigenvalue weighted by molar-refractivity contribution is -0.122. The zero-order chi connectivity index (χ0) is 24.1. The first-order valence-corrected chi connectivity index (χ1v) is 11.3. The zero-order valence-electron chi connectivity index (χ0n) is 19.2. The van der Waals surface area contributed by atoms with Crippen LogP contribution in [0.4, 0.5) is 10.5 Å². The van der Waals surface area contributed by atoms with E-state index < -0.39 is 17.8 Å². The van der Waals surface area contributed by atoms with Gasteiger partial charge in [0.15, 0.2) is 0 Å². The number of carbonyl (C=O) groups is 3. The van der Waals surface area contributed by atoms with E-state index in [-0.39, 0.29) is 5.57 Å². The molecule has 1 aliphatic rings. The summed E-state index contributed by atoms with van der Waals surface area (Å²) in [5.41, 5.74) is 2.10. The molecular weight excluding hydrogens is 430 g/mol. The van der Waals surface area contributed by atoms with Crippen molar-refractivity contribution in [3.63, 3.8) is 0 Å². The molecule has 7 nitrogen and oxygen atoms in total. The minimum atomic E-state index is -0.755. The van der Waals surface area contributed by atoms with Gasteiger partial charge in [-0.1, -0.05) is 44.2 Å². The van der Waals surface area contributed by atoms with Crippen LogP contribution in [0.1, 0.15) is 37.4 Å². The highest BCUT2D eigenvalue weighted by atomic mass is 16.5. The molecule has 2 aromatic carbocycles. The predicted octanol–water partition coefficient (Wildman–Crippen LogP) is 4.75. The van der Waals surface area contributed by atoms with Crippen LogP contribution in [-0.2, 0) is 16.1 Å². The highest BCUT2D eigenvalue weighted by molar-refractivity contribution is 6.39. The topological polar surface area (TPSA) is 80.6 Å². The molecule has 2 heterocycles. The van der Waals surface area contributed by atoms with Gasteiger partial charge in [0.25, 0.3) is 11.8 Å². The number of amides is 4. The number of imide groups is 2. The maximum atomic E-state index is 13.2. The number of ether oxygens (including phenoxy) is 1. The first-order chi connectivity index (χ1) is 16.5. The van der Waals surface area contributed by atoms with Crippen molar-refractivity contribution in [1.82, 2.24) is 9.88 Å². The zero-order valence-corrected chi connectivity index (χ0v) is 19.2. The molecule has 1 unspecified atom stereocenters. The van der Waals surface area contributed by atoms with Crippen molar-refractivity contribution < 1.29 is 19.1 Å². The van der Waals surface area contributed by atoms with Crippen molar-refractivity contribution in [1.29, 1.82) is 0 Å². The molecule has 0 radical (unpaired) electrons. The number of urea groups is 1. The number of para-hydroxylation sites is 1. The molecule has 0 aliphatic carbocycles. The van der Waals surface area contributed by atoms with Crippen molar-refractivity contribution in [2.75, 3.05) is 11.5 Å². The number of nitrogens with one attached hydrogen (secondary N) is 1. The third-order valence-corrected chi connectivity index (χ3v) is 5.94. The molecule has 1 saturated heterocycles. The van der Waals surface area contributed by atoms with Crippen molar-refractivity contribution in [3.05, 3.63) is 89.8 Å². The Morgan fingerprint density at radius 1 is 0.971 bits per heavy atom. The third-order valence-electron chi connectivity index (χ3n) is 5.94. The molecular formula is C27H27N3O4. The lowest BCUT2D eigenvalue weighted by Gasteiger charge is -2.26. The van der Waals surface area contributed by atoms with E-state index >= 15 is 0 Å². The Bertz CT molecular complexity index is 1210. The molecule has 1 atom stereocenters. The SMILES string of the molecule is CCC(C)c1ccc(N2C(=O)NC(=O)/C(=C\c3cccn3CCOc3ccccc3)C2=O)cc1. The van der Waals surface area contributed by atoms with Crippen LogP contribution in [0.2, 0.25) is 0 Å². The van der Waals surface area contributed by atoms with Gasteiger partial charge in [-0.25, -0.2) is 9.69 Å². The lowest BCUT2D eigenvalue weighted by atomic mass is 9.98. The Morgan fingerprint density at radius 2 is 1.71 bits per heavy atom. The molecule has 0 spiro atoms. The van der Waals surface area contributed by atoms with E-state index in [1.165, 1.54) is 6.08 Å². The Hall–Kier alpha value is -4.13. The van der Waals surface area contributed by atoms with Gasteiger partial charge in [-0.05, 0) is 60.4 Å². The van der Waals surface area contributed by atoms with E-state index in [1.54, 1.807) is 18.2 Å². The standard InChI is InChI=1S/C27H27N3O4/c1-3-19(2)20-11-13-21(14-12-20)30-26(32)24(25(31)28-27(30)33)18-22-8-7-15-29(22)16-17-34-23-9-5-4-6-10-23/h4-15,18-19H,3,16-17H2,1-2H3,(H,28,31,33)/b24-18+. The van der Waals surface area contributed by atoms with Gasteiger partial charge >= 0.3 is 6.03 Å². The van der Waals surface area contributed by atoms with Crippen LogP contribution < -0.4 is 15.0 Å². The highest BCUT2D eigenvalue weighted by Gasteiger charge is 2.37. The number of hydrogen-bond acceptors (Lipinski definition) is 4. The van der Waals surface area contributed by atoms with Crippen molar-refractivity contribution >= 4 is 29.6 Å². The average molecular weight is 458 g/mol. The molecule has 4 amide bonds. The Balaban J connectivity index is 1.53. The first-order valence-electron chi connectivity index (χ1n) is 11.3. The molecule has 0 bridgehead atoms. The minimum Gasteiger partial charge on any atom is -0.492 e. The van der Waals surface area contributed by atoms with Crippen molar-refractivity contribution in [2.45, 2.75) is 32.7 Å². The molecule has 4 rings (SSSR count). The van der Waals surface area contributed by atoms with E-state index in [0.717, 1.165) is 22.6 Å². The van der Waals surface area contributed by atoms with Crippen LogP contribution in [0.3, 0.4) is 0 Å². The summed E-state index contributed by atoms with van der Waals surface area (Å²) in [6.07, 6.45) is 4.34. The van der Waals surface area contributed by atoms with Crippen molar-refractivity contribution in [2.24, 2.45) is 0 Å². The molecule has 0 saturated carbocycles. The summed E-state index contributed by atoms with van der Waals surface area (Å²) in [6.45, 7) is 5.17. The van der Waals surface area contributed by atoms with E-state index in [4.69, 9.17) is 4.74 Å². The summed E-state index contributed by atoms with van der Waals surface area (Å²) in [4.78, 5) is 39.2. The number of anilines is 1. The predicted molar refractivity (Wildman–Crippen MR) is 131 cm³/mol. The second-order valence-electron chi connectivity index (χ2n) is 8.15. The van der Waals surface area contributed by atoms with Gasteiger partial charge in [0, 0.05) is 11.9 Å². The third kappa shape index (κ3) is 4.93. The Morgan fingerprint density at radius 3 is 2.41 bits per heavy atom. The van der Waals surface area contributed by atoms with E-state index in [2.05, 4.69) is 19.2 Å². The number of carbonyl (C=O) groups excluding carboxylic acids is 3. The van der Waals surface area contributed by atoms with Crippen LogP contribution in [-0.4, -0.2) is 29.0 Å². The number of nitrogens with zero attached hydrogens (tertiary/aromatic N) is 2. The number of benzene rings is 2. The fraction of sp³-hybridized carbons (Fsp3) is 0.222. The second kappa shape index (κ2) is 10.2. The molecule has 1 fully saturated rings. The smallest absolute Gasteiger partial charge is 0.335 e. The lowest BCUT2D eigenvalue weighted by Crippen LogP contribution is -2.54. The monoisotopic (exact) mass is 457 g/mol. The summed E-state index contributed by atoms with van der Waals surface area (Å²) in [6, 6.07) is 19.6. The fourth-order valence-electron chi connectivity index (χ4n) is 3.77. The fourth-order valence-corrected chi connectivity index (χ4v) is 3.77. The molecule has 1 aliphatic heterocycles. The molecule has 3 aromatic rings. The second-order valence-corrected chi connectivity index (χ2v) is 8.15. The summed E-state index contributed by atoms with van der Waals surface area (Å²) in [7, 11) is 0. The van der Waals surface area contributed by atoms with E-state index in [0.29, 0.717) is 30.5 Å². The van der Waals surface area contributed by atoms with Gasteiger partial charge in [0.1, 0.15) is 17.9 Å². The minimum absolute atomic E-state index is 0.102. The van der Waals surface area contributed by atoms with E-state index in [9.17, 15) is 14.4 Å². The Kier molecular flexibility index (Phi) is 6.92. The summed E-state index contributed by atoms with van der Waals surface area (Å²) in [5.74, 6) is -0.227. The molecule has 7 heteroatoms. The van der Waals surface area contributed by atoms with Crippen molar-refractivity contribution in [3.8, 4) is 5.75 Å². The van der Waals surface area contributed by atoms with Gasteiger partial charge < -0.3 is 9.30 Å². The number of hydrogen-bond donors (Lipinski definition) is 1. The Labute approximate surface area is 198 Å². The van der Waals surface area contributed by atoms with Crippen LogP contribution in [0.15, 0.2) is 78.5 Å². The molecule has 174 valence electrons. The van der Waals surface area contributed by atoms with Crippen LogP contribution in [0.5, 0.6) is 5.75 Å². The normalized spacial score (nSPS) is 16.0. The number of aromatic nitrogens is 1. The first kappa shape index (κ1) is 23.0. The summed E-state index contributed by atoms with van der Waals surface area (Å²) < 4.78 is 7.64. The number of rotatable bonds is 8. The van der Waals surface area contributed by atoms with Gasteiger partial charge in [-0.15, -0.1) is 0 Å². The van der Waals surface area contributed by atoms with E-state index in [1.807, 2.05) is 59.3 Å². The molecule has 34 heavy (non-hydrogen) atoms. The maximum absolute atomic E-state index is 13.2. The maximum Gasteiger partial charge on any atom is 0.335 e. The van der Waals surface area contributed by atoms with Gasteiger partial charge in [0.05, 0.1) is 12.2 Å². The largest absolute Gasteiger partial charge is 0.492 e. The summed E-state index contributed by atoms with van der Waals surface area (Å²) in [5, 5.41) is 2.28. The van der Waals surface area contributed by atoms with Gasteiger partial charge in [-0.3, -0.25) is 14.9 Å². The average Bonchev–Trinajstić information content (AvgIpc) is 3.29. The quantitative estimate of drug-likeness (QED) is 0.391. The van der Waals surface area contributed by atoms with Crippen LogP contribution >= 0.6 is 0 Å². The van der Waals surface area contributed by atoms with Gasteiger partial charge in [-0.2, -0.15) is 0 Å². The van der Waals surface area contributed by atoms with Crippen LogP contribution in [0, 0.1) is 0 Å². The molecule has 1 aromatic heterocycles. The van der Waals surface area contributed by atoms with Gasteiger partial charge in [0.2, 0.25) is 0 Å². The highest BCUT2D eigenvalue weighted by Crippen LogP contribution is 2.25. The van der Waals surface area contributed by atoms with Crippen LogP contribution in [0.25, 0.3) is 6.08 Å². The molecule has 1 N–H and O–H groups in total. The summed E-state index contributed by atoms with van der Waals surface area (Å²) >= 11 is 0. The number of barbiturate groups is 1.